The molecule has 2 aliphatic rings. The van der Waals surface area contributed by atoms with Crippen LogP contribution >= 0.6 is 34.5 Å². The number of amides is 2. The molecule has 0 spiro atoms. The Bertz CT molecular complexity index is 766. The lowest BCUT2D eigenvalue weighted by Gasteiger charge is -2.13. The molecule has 0 radical (unpaired) electrons. The second kappa shape index (κ2) is 7.53. The van der Waals surface area contributed by atoms with Crippen LogP contribution in [0.25, 0.3) is 0 Å². The number of anilines is 1. The van der Waals surface area contributed by atoms with Crippen LogP contribution in [0.2, 0.25) is 0 Å². The number of carbonyl (C=O) groups is 2. The van der Waals surface area contributed by atoms with E-state index in [1.165, 1.54) is 4.88 Å². The first kappa shape index (κ1) is 19.7. The molecule has 0 aliphatic heterocycles. The van der Waals surface area contributed by atoms with Gasteiger partial charge in [0.05, 0.1) is 11.5 Å². The van der Waals surface area contributed by atoms with Crippen LogP contribution in [0.4, 0.5) is 5.00 Å². The maximum Gasteiger partial charge on any atom is 0.254 e. The number of thiophene rings is 1. The van der Waals surface area contributed by atoms with Gasteiger partial charge in [0, 0.05) is 11.4 Å². The molecule has 2 amide bonds. The van der Waals surface area contributed by atoms with E-state index in [2.05, 4.69) is 10.6 Å². The Morgan fingerprint density at radius 1 is 1.27 bits per heavy atom. The Morgan fingerprint density at radius 3 is 2.62 bits per heavy atom. The number of nitrogens with one attached hydrogen (secondary N) is 2. The predicted octanol–water partition coefficient (Wildman–Crippen LogP) is 4.91. The van der Waals surface area contributed by atoms with E-state index >= 15 is 0 Å². The molecular formula is C19H24Cl2N2O2S. The molecule has 2 aliphatic carbocycles. The van der Waals surface area contributed by atoms with Crippen molar-refractivity contribution in [2.75, 3.05) is 11.9 Å². The normalized spacial score (nSPS) is 23.0. The van der Waals surface area contributed by atoms with Gasteiger partial charge in [0.15, 0.2) is 0 Å². The molecule has 142 valence electrons. The Kier molecular flexibility index (Phi) is 5.71. The summed E-state index contributed by atoms with van der Waals surface area (Å²) in [6.07, 6.45) is 5.82. The number of aryl methyl sites for hydroxylation is 1. The van der Waals surface area contributed by atoms with Crippen LogP contribution in [0.3, 0.4) is 0 Å². The lowest BCUT2D eigenvalue weighted by molar-refractivity contribution is -0.118. The van der Waals surface area contributed by atoms with Crippen LogP contribution in [0.5, 0.6) is 0 Å². The van der Waals surface area contributed by atoms with Crippen LogP contribution in [0.15, 0.2) is 10.6 Å². The van der Waals surface area contributed by atoms with Gasteiger partial charge in [-0.3, -0.25) is 9.59 Å². The first-order valence-corrected chi connectivity index (χ1v) is 10.6. The van der Waals surface area contributed by atoms with Crippen molar-refractivity contribution >= 4 is 51.4 Å². The van der Waals surface area contributed by atoms with Gasteiger partial charge >= 0.3 is 0 Å². The average molecular weight is 415 g/mol. The van der Waals surface area contributed by atoms with E-state index < -0.39 is 0 Å². The van der Waals surface area contributed by atoms with Crippen LogP contribution in [0, 0.1) is 17.3 Å². The van der Waals surface area contributed by atoms with Crippen molar-refractivity contribution in [3.63, 3.8) is 0 Å². The Labute approximate surface area is 168 Å². The third-order valence-corrected chi connectivity index (χ3v) is 6.93. The zero-order chi connectivity index (χ0) is 19.1. The summed E-state index contributed by atoms with van der Waals surface area (Å²) in [7, 11) is 0. The van der Waals surface area contributed by atoms with Crippen molar-refractivity contribution in [3.05, 3.63) is 26.6 Å². The number of halogens is 2. The number of carbonyl (C=O) groups excluding carboxylic acids is 2. The quantitative estimate of drug-likeness (QED) is 0.718. The minimum atomic E-state index is -0.198. The van der Waals surface area contributed by atoms with E-state index in [1.54, 1.807) is 17.4 Å². The summed E-state index contributed by atoms with van der Waals surface area (Å²) in [4.78, 5) is 26.7. The van der Waals surface area contributed by atoms with E-state index in [1.807, 2.05) is 20.8 Å². The van der Waals surface area contributed by atoms with E-state index in [0.717, 1.165) is 31.2 Å². The van der Waals surface area contributed by atoms with Crippen molar-refractivity contribution in [1.29, 1.82) is 0 Å². The van der Waals surface area contributed by atoms with Crippen molar-refractivity contribution in [1.82, 2.24) is 5.32 Å². The highest BCUT2D eigenvalue weighted by Crippen LogP contribution is 2.60. The highest BCUT2D eigenvalue weighted by Gasteiger charge is 2.60. The highest BCUT2D eigenvalue weighted by atomic mass is 35.5. The average Bonchev–Trinajstić information content (AvgIpc) is 2.92. The Hall–Kier alpha value is -1.04. The molecule has 26 heavy (non-hydrogen) atoms. The largest absolute Gasteiger partial charge is 0.352 e. The standard InChI is InChI=1S/C19H24Cl2N2O2S/c1-4-22-16(24)14-10-7-5-6-8-12(10)26-18(14)23-17(25)15-11(9-13(20)21)19(15,2)3/h9,11,15H,4-8H2,1-3H3,(H,22,24)(H,23,25)/t11-,15+/m1/s1. The Balaban J connectivity index is 1.86. The van der Waals surface area contributed by atoms with Gasteiger partial charge in [-0.1, -0.05) is 37.0 Å². The van der Waals surface area contributed by atoms with Gasteiger partial charge in [-0.15, -0.1) is 11.3 Å². The van der Waals surface area contributed by atoms with Crippen molar-refractivity contribution in [3.8, 4) is 0 Å². The van der Waals surface area contributed by atoms with Gasteiger partial charge in [0.25, 0.3) is 5.91 Å². The number of fused-ring (bicyclic) bond motifs is 1. The lowest BCUT2D eigenvalue weighted by Crippen LogP contribution is -2.26. The van der Waals surface area contributed by atoms with Gasteiger partial charge in [0.1, 0.15) is 9.49 Å². The van der Waals surface area contributed by atoms with Gasteiger partial charge in [-0.05, 0) is 55.6 Å². The molecule has 4 nitrogen and oxygen atoms in total. The molecular weight excluding hydrogens is 391 g/mol. The van der Waals surface area contributed by atoms with E-state index in [0.29, 0.717) is 17.1 Å². The molecule has 3 rings (SSSR count). The molecule has 1 aromatic heterocycles. The summed E-state index contributed by atoms with van der Waals surface area (Å²) >= 11 is 13.1. The molecule has 0 unspecified atom stereocenters. The summed E-state index contributed by atoms with van der Waals surface area (Å²) in [6.45, 7) is 6.51. The second-order valence-electron chi connectivity index (χ2n) is 7.54. The molecule has 1 fully saturated rings. The van der Waals surface area contributed by atoms with Crippen molar-refractivity contribution in [2.24, 2.45) is 17.3 Å². The topological polar surface area (TPSA) is 58.2 Å². The minimum Gasteiger partial charge on any atom is -0.352 e. The fraction of sp³-hybridized carbons (Fsp3) is 0.579. The van der Waals surface area contributed by atoms with Crippen molar-refractivity contribution < 1.29 is 9.59 Å². The van der Waals surface area contributed by atoms with Crippen LogP contribution in [-0.4, -0.2) is 18.4 Å². The fourth-order valence-corrected chi connectivity index (χ4v) is 5.52. The number of hydrogen-bond acceptors (Lipinski definition) is 3. The lowest BCUT2D eigenvalue weighted by atomic mass is 9.95. The molecule has 1 saturated carbocycles. The maximum atomic E-state index is 12.9. The third kappa shape index (κ3) is 3.67. The SMILES string of the molecule is CCNC(=O)c1c(NC(=O)[C@@H]2[C@@H](C=C(Cl)Cl)C2(C)C)sc2c1CCCC2. The summed E-state index contributed by atoms with van der Waals surface area (Å²) < 4.78 is 0.188. The van der Waals surface area contributed by atoms with Crippen LogP contribution in [-0.2, 0) is 17.6 Å². The van der Waals surface area contributed by atoms with E-state index in [-0.39, 0.29) is 33.6 Å². The Morgan fingerprint density at radius 2 is 1.96 bits per heavy atom. The minimum absolute atomic E-state index is 0.00926. The molecule has 0 bridgehead atoms. The van der Waals surface area contributed by atoms with E-state index in [9.17, 15) is 9.59 Å². The van der Waals surface area contributed by atoms with Gasteiger partial charge in [0.2, 0.25) is 5.91 Å². The number of hydrogen-bond donors (Lipinski definition) is 2. The molecule has 1 heterocycles. The molecule has 2 N–H and O–H groups in total. The summed E-state index contributed by atoms with van der Waals surface area (Å²) in [5.74, 6) is -0.362. The molecule has 0 aromatic carbocycles. The van der Waals surface area contributed by atoms with E-state index in [4.69, 9.17) is 23.2 Å². The summed E-state index contributed by atoms with van der Waals surface area (Å²) in [5.41, 5.74) is 1.57. The van der Waals surface area contributed by atoms with Crippen LogP contribution in [0.1, 0.15) is 54.4 Å². The molecule has 2 atom stereocenters. The molecule has 7 heteroatoms. The first-order chi connectivity index (χ1) is 12.3. The highest BCUT2D eigenvalue weighted by molar-refractivity contribution is 7.17. The second-order valence-corrected chi connectivity index (χ2v) is 9.66. The molecule has 1 aromatic rings. The van der Waals surface area contributed by atoms with Crippen molar-refractivity contribution in [2.45, 2.75) is 46.5 Å². The zero-order valence-corrected chi connectivity index (χ0v) is 17.6. The number of rotatable bonds is 5. The molecule has 0 saturated heterocycles. The first-order valence-electron chi connectivity index (χ1n) is 9.03. The monoisotopic (exact) mass is 414 g/mol. The van der Waals surface area contributed by atoms with Gasteiger partial charge < -0.3 is 10.6 Å². The summed E-state index contributed by atoms with van der Waals surface area (Å²) in [6, 6.07) is 0. The maximum absolute atomic E-state index is 12.9. The number of allylic oxidation sites excluding steroid dienone is 1. The third-order valence-electron chi connectivity index (χ3n) is 5.47. The fourth-order valence-electron chi connectivity index (χ4n) is 3.96. The predicted molar refractivity (Wildman–Crippen MR) is 108 cm³/mol. The van der Waals surface area contributed by atoms with Gasteiger partial charge in [-0.2, -0.15) is 0 Å². The smallest absolute Gasteiger partial charge is 0.254 e. The summed E-state index contributed by atoms with van der Waals surface area (Å²) in [5, 5.41) is 6.59. The van der Waals surface area contributed by atoms with Gasteiger partial charge in [-0.25, -0.2) is 0 Å². The van der Waals surface area contributed by atoms with Crippen LogP contribution < -0.4 is 10.6 Å². The zero-order valence-electron chi connectivity index (χ0n) is 15.2.